The lowest BCUT2D eigenvalue weighted by Crippen LogP contribution is -2.18. The molecule has 33 heavy (non-hydrogen) atoms. The number of aldehydes is 1. The molecule has 0 bridgehead atoms. The molecule has 0 radical (unpaired) electrons. The Morgan fingerprint density at radius 1 is 1.21 bits per heavy atom. The average Bonchev–Trinajstić information content (AvgIpc) is 3.47. The molecule has 3 aromatic rings. The molecule has 8 heteroatoms. The SMILES string of the molecule is CNCc1ccnc(C(C)(C)O)c1.O=CCn1cc(-c2ccccc2)cn1.O=S1C=CCC1. The Morgan fingerprint density at radius 2 is 1.97 bits per heavy atom. The quantitative estimate of drug-likeness (QED) is 0.538. The Labute approximate surface area is 198 Å². The molecule has 0 spiro atoms. The highest BCUT2D eigenvalue weighted by molar-refractivity contribution is 7.88. The van der Waals surface area contributed by atoms with Gasteiger partial charge in [0.15, 0.2) is 0 Å². The number of rotatable bonds is 6. The largest absolute Gasteiger partial charge is 0.384 e. The molecule has 1 atom stereocenters. The van der Waals surface area contributed by atoms with E-state index >= 15 is 0 Å². The number of carbonyl (C=O) groups excluding carboxylic acids is 1. The molecule has 3 heterocycles. The minimum Gasteiger partial charge on any atom is -0.384 e. The van der Waals surface area contributed by atoms with Crippen LogP contribution in [0.15, 0.2) is 72.5 Å². The minimum atomic E-state index is -0.857. The van der Waals surface area contributed by atoms with Gasteiger partial charge >= 0.3 is 0 Å². The van der Waals surface area contributed by atoms with Crippen molar-refractivity contribution < 1.29 is 14.1 Å². The molecule has 0 saturated heterocycles. The number of aromatic nitrogens is 3. The van der Waals surface area contributed by atoms with E-state index in [4.69, 9.17) is 0 Å². The summed E-state index contributed by atoms with van der Waals surface area (Å²) in [5.41, 5.74) is 3.14. The van der Waals surface area contributed by atoms with Crippen LogP contribution in [-0.4, -0.2) is 43.2 Å². The first-order chi connectivity index (χ1) is 15.8. The second-order valence-corrected chi connectivity index (χ2v) is 9.31. The molecule has 1 aromatic carbocycles. The van der Waals surface area contributed by atoms with Crippen LogP contribution in [0.2, 0.25) is 0 Å². The van der Waals surface area contributed by atoms with Crippen LogP contribution in [-0.2, 0) is 34.3 Å². The van der Waals surface area contributed by atoms with E-state index in [1.165, 1.54) is 0 Å². The van der Waals surface area contributed by atoms with Crippen molar-refractivity contribution in [2.24, 2.45) is 0 Å². The molecule has 2 aromatic heterocycles. The molecule has 176 valence electrons. The van der Waals surface area contributed by atoms with Gasteiger partial charge in [-0.05, 0) is 56.0 Å². The molecular formula is C25H32N4O3S. The predicted octanol–water partition coefficient (Wildman–Crippen LogP) is 3.43. The maximum atomic E-state index is 10.3. The van der Waals surface area contributed by atoms with Crippen molar-refractivity contribution in [2.75, 3.05) is 12.8 Å². The van der Waals surface area contributed by atoms with E-state index in [0.29, 0.717) is 12.2 Å². The van der Waals surface area contributed by atoms with Crippen molar-refractivity contribution >= 4 is 17.1 Å². The summed E-state index contributed by atoms with van der Waals surface area (Å²) in [6.07, 6.45) is 9.15. The van der Waals surface area contributed by atoms with Gasteiger partial charge in [-0.3, -0.25) is 13.9 Å². The molecule has 1 aliphatic rings. The molecule has 0 aliphatic carbocycles. The van der Waals surface area contributed by atoms with Crippen molar-refractivity contribution in [3.8, 4) is 11.1 Å². The van der Waals surface area contributed by atoms with Crippen LogP contribution in [0.3, 0.4) is 0 Å². The number of hydrogen-bond acceptors (Lipinski definition) is 6. The van der Waals surface area contributed by atoms with Crippen LogP contribution in [0, 0.1) is 0 Å². The van der Waals surface area contributed by atoms with Crippen molar-refractivity contribution in [3.05, 3.63) is 83.8 Å². The van der Waals surface area contributed by atoms with Crippen molar-refractivity contribution in [1.82, 2.24) is 20.1 Å². The fraction of sp³-hybridized carbons (Fsp3) is 0.320. The molecule has 0 fully saturated rings. The molecule has 1 aliphatic heterocycles. The lowest BCUT2D eigenvalue weighted by molar-refractivity contribution is -0.108. The van der Waals surface area contributed by atoms with E-state index in [2.05, 4.69) is 15.4 Å². The number of carbonyl (C=O) groups is 1. The molecule has 0 saturated carbocycles. The Kier molecular flexibility index (Phi) is 10.8. The van der Waals surface area contributed by atoms with Gasteiger partial charge in [0.25, 0.3) is 0 Å². The summed E-state index contributed by atoms with van der Waals surface area (Å²) in [5, 5.41) is 18.6. The van der Waals surface area contributed by atoms with Gasteiger partial charge in [0.2, 0.25) is 0 Å². The zero-order valence-electron chi connectivity index (χ0n) is 19.3. The van der Waals surface area contributed by atoms with E-state index in [-0.39, 0.29) is 0 Å². The van der Waals surface area contributed by atoms with Gasteiger partial charge in [-0.25, -0.2) is 0 Å². The predicted molar refractivity (Wildman–Crippen MR) is 133 cm³/mol. The van der Waals surface area contributed by atoms with Crippen LogP contribution in [0.25, 0.3) is 11.1 Å². The van der Waals surface area contributed by atoms with E-state index < -0.39 is 16.4 Å². The minimum absolute atomic E-state index is 0.312. The number of nitrogens with zero attached hydrogens (tertiary/aromatic N) is 3. The number of allylic oxidation sites excluding steroid dienone is 1. The average molecular weight is 469 g/mol. The summed E-state index contributed by atoms with van der Waals surface area (Å²) < 4.78 is 11.9. The van der Waals surface area contributed by atoms with Crippen LogP contribution >= 0.6 is 0 Å². The normalized spacial score (nSPS) is 14.6. The van der Waals surface area contributed by atoms with E-state index in [1.54, 1.807) is 36.3 Å². The van der Waals surface area contributed by atoms with Gasteiger partial charge in [-0.1, -0.05) is 36.4 Å². The van der Waals surface area contributed by atoms with Crippen LogP contribution < -0.4 is 5.32 Å². The first-order valence-corrected chi connectivity index (χ1v) is 12.1. The number of hydrogen-bond donors (Lipinski definition) is 2. The van der Waals surface area contributed by atoms with Gasteiger partial charge in [0, 0.05) is 41.1 Å². The maximum Gasteiger partial charge on any atom is 0.141 e. The van der Waals surface area contributed by atoms with Crippen molar-refractivity contribution in [3.63, 3.8) is 0 Å². The van der Waals surface area contributed by atoms with E-state index in [0.717, 1.165) is 41.7 Å². The summed E-state index contributed by atoms with van der Waals surface area (Å²) >= 11 is 0. The Hall–Kier alpha value is -2.94. The smallest absolute Gasteiger partial charge is 0.141 e. The molecular weight excluding hydrogens is 436 g/mol. The van der Waals surface area contributed by atoms with Crippen LogP contribution in [0.1, 0.15) is 31.5 Å². The second kappa shape index (κ2) is 13.6. The topological polar surface area (TPSA) is 97.1 Å². The molecule has 0 amide bonds. The molecule has 2 N–H and O–H groups in total. The van der Waals surface area contributed by atoms with Gasteiger partial charge in [0.1, 0.15) is 11.9 Å². The standard InChI is InChI=1S/C11H10N2O.C10H16N2O.C4H6OS/c14-7-6-13-9-11(8-12-13)10-4-2-1-3-5-10;1-10(2,13)9-6-8(7-11-3)4-5-12-9;5-6-3-1-2-4-6/h1-5,7-9H,6H2;4-6,11,13H,7H2,1-3H3;1,3H,2,4H2. The Morgan fingerprint density at radius 3 is 2.52 bits per heavy atom. The highest BCUT2D eigenvalue weighted by atomic mass is 32.2. The number of aliphatic hydroxyl groups is 1. The lowest BCUT2D eigenvalue weighted by Gasteiger charge is -2.16. The molecule has 7 nitrogen and oxygen atoms in total. The number of nitrogens with one attached hydrogen (secondary N) is 1. The zero-order valence-corrected chi connectivity index (χ0v) is 20.2. The summed E-state index contributed by atoms with van der Waals surface area (Å²) in [4.78, 5) is 14.4. The summed E-state index contributed by atoms with van der Waals surface area (Å²) in [6, 6.07) is 13.8. The summed E-state index contributed by atoms with van der Waals surface area (Å²) in [6.45, 7) is 4.58. The number of pyridine rings is 1. The summed E-state index contributed by atoms with van der Waals surface area (Å²) in [7, 11) is 1.29. The third-order valence-electron chi connectivity index (χ3n) is 4.57. The van der Waals surface area contributed by atoms with Gasteiger partial charge in [-0.15, -0.1) is 0 Å². The monoisotopic (exact) mass is 468 g/mol. The third kappa shape index (κ3) is 9.61. The van der Waals surface area contributed by atoms with Gasteiger partial charge < -0.3 is 15.2 Å². The third-order valence-corrected chi connectivity index (χ3v) is 5.70. The van der Waals surface area contributed by atoms with Gasteiger partial charge in [0.05, 0.1) is 18.4 Å². The highest BCUT2D eigenvalue weighted by Crippen LogP contribution is 2.18. The fourth-order valence-electron chi connectivity index (χ4n) is 2.87. The molecule has 4 rings (SSSR count). The Balaban J connectivity index is 0.000000188. The highest BCUT2D eigenvalue weighted by Gasteiger charge is 2.17. The Bertz CT molecular complexity index is 1040. The number of benzene rings is 1. The van der Waals surface area contributed by atoms with Crippen molar-refractivity contribution in [2.45, 2.75) is 39.0 Å². The van der Waals surface area contributed by atoms with Crippen molar-refractivity contribution in [1.29, 1.82) is 0 Å². The first-order valence-electron chi connectivity index (χ1n) is 10.7. The van der Waals surface area contributed by atoms with Gasteiger partial charge in [-0.2, -0.15) is 5.10 Å². The van der Waals surface area contributed by atoms with E-state index in [1.807, 2.05) is 61.8 Å². The van der Waals surface area contributed by atoms with E-state index in [9.17, 15) is 14.1 Å². The fourth-order valence-corrected chi connectivity index (χ4v) is 3.73. The molecule has 1 unspecified atom stereocenters. The lowest BCUT2D eigenvalue weighted by atomic mass is 10.0. The maximum absolute atomic E-state index is 10.3. The zero-order chi connectivity index (χ0) is 24.1. The second-order valence-electron chi connectivity index (χ2n) is 7.87. The van der Waals surface area contributed by atoms with Crippen LogP contribution in [0.4, 0.5) is 0 Å². The summed E-state index contributed by atoms with van der Waals surface area (Å²) in [5.74, 6) is 0.847. The first kappa shape index (κ1) is 26.3. The van der Waals surface area contributed by atoms with Crippen LogP contribution in [0.5, 0.6) is 0 Å².